The van der Waals surface area contributed by atoms with Gasteiger partial charge < -0.3 is 43.5 Å². The molecule has 2 aliphatic heterocycles. The minimum absolute atomic E-state index is 0.0376. The van der Waals surface area contributed by atoms with E-state index in [1.807, 2.05) is 63.2 Å². The van der Waals surface area contributed by atoms with Crippen molar-refractivity contribution in [2.45, 2.75) is 116 Å². The van der Waals surface area contributed by atoms with Gasteiger partial charge in [-0.25, -0.2) is 4.79 Å². The normalized spacial score (nSPS) is 23.6. The number of aliphatic hydroxyl groups is 2. The summed E-state index contributed by atoms with van der Waals surface area (Å²) in [6, 6.07) is 16.9. The zero-order valence-electron chi connectivity index (χ0n) is 38.2. The summed E-state index contributed by atoms with van der Waals surface area (Å²) in [6.45, 7) is 18.6. The standard InChI is InChI=1S/C52H66N2O10/c1-8-10-26-58-50(57)54(32-36-18-21-45-46(28-36)60-33-59-45)47-31-43(53-64-51(5,6)7)41-29-37(15-11-13-23-55)40(16-12-14-24-56)48-42-30-39(62-38-19-17-34(3)35(4)27-38)20-22-44(42)63-52(47,49(41)48)61-25-9-2/h8-9,17-22,27-30,37,40,47-49,55-56H,1-2,10-16,23-26,31-33H2,3-7H3/t37-,40+,47-,48+,49+,52+/m0/s1. The number of hydrogen-bond acceptors (Lipinski definition) is 11. The molecule has 2 N–H and O–H groups in total. The minimum atomic E-state index is -1.48. The van der Waals surface area contributed by atoms with Crippen LogP contribution in [0.15, 0.2) is 96.7 Å². The van der Waals surface area contributed by atoms with Gasteiger partial charge in [0, 0.05) is 37.7 Å². The van der Waals surface area contributed by atoms with Crippen molar-refractivity contribution < 1.29 is 48.3 Å². The Balaban J connectivity index is 1.46. The molecule has 1 saturated carbocycles. The largest absolute Gasteiger partial charge is 0.459 e. The van der Waals surface area contributed by atoms with E-state index in [4.69, 9.17) is 38.4 Å². The fraction of sp³-hybridized carbons (Fsp3) is 0.500. The van der Waals surface area contributed by atoms with Crippen LogP contribution in [0.4, 0.5) is 4.79 Å². The maximum absolute atomic E-state index is 14.8. The van der Waals surface area contributed by atoms with Crippen molar-refractivity contribution in [1.29, 1.82) is 0 Å². The lowest BCUT2D eigenvalue weighted by atomic mass is 9.55. The highest BCUT2D eigenvalue weighted by atomic mass is 16.7. The van der Waals surface area contributed by atoms with Crippen LogP contribution in [0.25, 0.3) is 0 Å². The molecular weight excluding hydrogens is 813 g/mol. The van der Waals surface area contributed by atoms with Gasteiger partial charge in [-0.1, -0.05) is 48.4 Å². The van der Waals surface area contributed by atoms with Crippen LogP contribution in [0.3, 0.4) is 0 Å². The van der Waals surface area contributed by atoms with Gasteiger partial charge in [-0.2, -0.15) is 0 Å². The Kier molecular flexibility index (Phi) is 15.1. The summed E-state index contributed by atoms with van der Waals surface area (Å²) in [5, 5.41) is 25.0. The van der Waals surface area contributed by atoms with Crippen LogP contribution in [0.1, 0.15) is 100 Å². The Hall–Kier alpha value is -5.30. The molecule has 2 heterocycles. The number of ether oxygens (including phenoxy) is 6. The Morgan fingerprint density at radius 1 is 0.906 bits per heavy atom. The van der Waals surface area contributed by atoms with Gasteiger partial charge in [0.25, 0.3) is 0 Å². The molecular formula is C52H66N2O10. The molecule has 0 unspecified atom stereocenters. The number of carbonyl (C=O) groups excluding carboxylic acids is 1. The smallest absolute Gasteiger partial charge is 0.410 e. The second-order valence-corrected chi connectivity index (χ2v) is 18.3. The number of hydrogen-bond donors (Lipinski definition) is 2. The van der Waals surface area contributed by atoms with Crippen LogP contribution in [0, 0.1) is 31.6 Å². The van der Waals surface area contributed by atoms with E-state index in [0.29, 0.717) is 48.0 Å². The third-order valence-electron chi connectivity index (χ3n) is 12.7. The quantitative estimate of drug-likeness (QED) is 0.0641. The van der Waals surface area contributed by atoms with Crippen molar-refractivity contribution in [3.8, 4) is 28.7 Å². The van der Waals surface area contributed by atoms with Crippen LogP contribution < -0.4 is 18.9 Å². The van der Waals surface area contributed by atoms with Crippen LogP contribution in [-0.2, 0) is 20.9 Å². The van der Waals surface area contributed by atoms with Gasteiger partial charge in [0.05, 0.1) is 24.8 Å². The van der Waals surface area contributed by atoms with Crippen molar-refractivity contribution in [2.24, 2.45) is 22.9 Å². The summed E-state index contributed by atoms with van der Waals surface area (Å²) in [5.74, 6) is 1.14. The molecule has 12 nitrogen and oxygen atoms in total. The number of amides is 1. The lowest BCUT2D eigenvalue weighted by Crippen LogP contribution is -2.70. The van der Waals surface area contributed by atoms with Crippen molar-refractivity contribution in [1.82, 2.24) is 4.90 Å². The molecule has 7 rings (SSSR count). The minimum Gasteiger partial charge on any atom is -0.459 e. The van der Waals surface area contributed by atoms with Gasteiger partial charge in [-0.05, 0) is 143 Å². The number of aryl methyl sites for hydroxylation is 2. The van der Waals surface area contributed by atoms with Gasteiger partial charge in [-0.3, -0.25) is 4.90 Å². The van der Waals surface area contributed by atoms with E-state index >= 15 is 0 Å². The molecule has 2 aliphatic carbocycles. The van der Waals surface area contributed by atoms with E-state index in [2.05, 4.69) is 45.2 Å². The molecule has 4 aliphatic rings. The molecule has 0 aromatic heterocycles. The van der Waals surface area contributed by atoms with Crippen molar-refractivity contribution >= 4 is 11.8 Å². The predicted molar refractivity (Wildman–Crippen MR) is 246 cm³/mol. The fourth-order valence-corrected chi connectivity index (χ4v) is 9.67. The Morgan fingerprint density at radius 2 is 1.64 bits per heavy atom. The van der Waals surface area contributed by atoms with Crippen molar-refractivity contribution in [2.75, 3.05) is 33.2 Å². The van der Waals surface area contributed by atoms with Crippen LogP contribution in [-0.4, -0.2) is 77.6 Å². The molecule has 0 saturated heterocycles. The zero-order valence-corrected chi connectivity index (χ0v) is 38.2. The first-order chi connectivity index (χ1) is 30.9. The van der Waals surface area contributed by atoms with E-state index < -0.39 is 29.4 Å². The molecule has 12 heteroatoms. The third-order valence-corrected chi connectivity index (χ3v) is 12.7. The number of oxime groups is 1. The number of rotatable bonds is 20. The molecule has 0 radical (unpaired) electrons. The first kappa shape index (κ1) is 46.7. The predicted octanol–water partition coefficient (Wildman–Crippen LogP) is 10.5. The van der Waals surface area contributed by atoms with E-state index in [-0.39, 0.29) is 63.9 Å². The maximum Gasteiger partial charge on any atom is 0.410 e. The maximum atomic E-state index is 14.8. The number of unbranched alkanes of at least 4 members (excludes halogenated alkanes) is 2. The topological polar surface area (TPSA) is 138 Å². The van der Waals surface area contributed by atoms with Crippen LogP contribution in [0.2, 0.25) is 0 Å². The summed E-state index contributed by atoms with van der Waals surface area (Å²) < 4.78 is 38.7. The van der Waals surface area contributed by atoms with E-state index in [9.17, 15) is 15.0 Å². The first-order valence-corrected chi connectivity index (χ1v) is 22.8. The molecule has 3 aromatic carbocycles. The summed E-state index contributed by atoms with van der Waals surface area (Å²) in [6.07, 6.45) is 10.5. The number of benzene rings is 3. The Bertz CT molecular complexity index is 2190. The second kappa shape index (κ2) is 20.7. The number of fused-ring (bicyclic) bond motifs is 3. The van der Waals surface area contributed by atoms with Gasteiger partial charge in [0.1, 0.15) is 28.9 Å². The zero-order chi connectivity index (χ0) is 45.4. The monoisotopic (exact) mass is 878 g/mol. The van der Waals surface area contributed by atoms with Crippen molar-refractivity contribution in [3.63, 3.8) is 0 Å². The second-order valence-electron chi connectivity index (χ2n) is 18.3. The number of aliphatic hydroxyl groups excluding tert-OH is 2. The van der Waals surface area contributed by atoms with E-state index in [1.165, 1.54) is 5.56 Å². The molecule has 0 bridgehead atoms. The Labute approximate surface area is 378 Å². The van der Waals surface area contributed by atoms with Gasteiger partial charge >= 0.3 is 6.09 Å². The summed E-state index contributed by atoms with van der Waals surface area (Å²) in [7, 11) is 0. The molecule has 1 fully saturated rings. The lowest BCUT2D eigenvalue weighted by molar-refractivity contribution is -0.256. The number of carbonyl (C=O) groups is 1. The van der Waals surface area contributed by atoms with Crippen molar-refractivity contribution in [3.05, 3.63) is 114 Å². The summed E-state index contributed by atoms with van der Waals surface area (Å²) in [4.78, 5) is 22.8. The third kappa shape index (κ3) is 10.3. The highest BCUT2D eigenvalue weighted by molar-refractivity contribution is 6.03. The molecule has 1 amide bonds. The lowest BCUT2D eigenvalue weighted by Gasteiger charge is -2.60. The van der Waals surface area contributed by atoms with E-state index in [1.54, 1.807) is 17.1 Å². The highest BCUT2D eigenvalue weighted by Gasteiger charge is 2.66. The van der Waals surface area contributed by atoms with Crippen LogP contribution in [0.5, 0.6) is 28.7 Å². The molecule has 0 spiro atoms. The number of nitrogens with zero attached hydrogens (tertiary/aromatic N) is 2. The summed E-state index contributed by atoms with van der Waals surface area (Å²) in [5.41, 5.74) is 5.08. The Morgan fingerprint density at radius 3 is 2.38 bits per heavy atom. The fourth-order valence-electron chi connectivity index (χ4n) is 9.67. The van der Waals surface area contributed by atoms with Gasteiger partial charge in [-0.15, -0.1) is 13.2 Å². The average Bonchev–Trinajstić information content (AvgIpc) is 3.75. The van der Waals surface area contributed by atoms with Gasteiger partial charge in [0.15, 0.2) is 11.5 Å². The summed E-state index contributed by atoms with van der Waals surface area (Å²) >= 11 is 0. The highest BCUT2D eigenvalue weighted by Crippen LogP contribution is 2.62. The number of allylic oxidation sites excluding steroid dienone is 1. The van der Waals surface area contributed by atoms with E-state index in [0.717, 1.165) is 53.7 Å². The average molecular weight is 879 g/mol. The SMILES string of the molecule is C=CCCOC(=O)N(Cc1ccc2c(c1)OCO2)[C@H]1CC(=NOC(C)(C)C)C2=C[C@H](CCCCO)[C@@H](CCCCO)[C@@H]3c4cc(Oc5ccc(C)c(C)c5)ccc4O[C@@]1(OCC=C)[C@H]23. The van der Waals surface area contributed by atoms with Crippen LogP contribution >= 0.6 is 0 Å². The molecule has 3 aromatic rings. The van der Waals surface area contributed by atoms with Gasteiger partial charge in [0.2, 0.25) is 12.6 Å². The molecule has 6 atom stereocenters. The molecule has 344 valence electrons. The molecule has 64 heavy (non-hydrogen) atoms. The first-order valence-electron chi connectivity index (χ1n) is 22.8.